The molecule has 1 saturated carbocycles. The van der Waals surface area contributed by atoms with Crippen LogP contribution in [0.4, 0.5) is 20.8 Å². The number of hydrogen-bond acceptors (Lipinski definition) is 6. The molecular weight excluding hydrogens is 549 g/mol. The van der Waals surface area contributed by atoms with Gasteiger partial charge < -0.3 is 10.6 Å². The van der Waals surface area contributed by atoms with Crippen LogP contribution in [0.3, 0.4) is 0 Å². The maximum atomic E-state index is 13.7. The lowest BCUT2D eigenvalue weighted by molar-refractivity contribution is -0.119. The number of pyridine rings is 2. The lowest BCUT2D eigenvalue weighted by atomic mass is 9.97. The Labute approximate surface area is 241 Å². The minimum Gasteiger partial charge on any atom is -0.376 e. The highest BCUT2D eigenvalue weighted by molar-refractivity contribution is 7.16. The van der Waals surface area contributed by atoms with Gasteiger partial charge in [0.1, 0.15) is 11.9 Å². The largest absolute Gasteiger partial charge is 0.376 e. The second-order valence-electron chi connectivity index (χ2n) is 10.3. The molecule has 2 atom stereocenters. The third-order valence-corrected chi connectivity index (χ3v) is 8.91. The van der Waals surface area contributed by atoms with E-state index >= 15 is 0 Å². The van der Waals surface area contributed by atoms with Gasteiger partial charge in [-0.1, -0.05) is 37.3 Å². The number of halogens is 2. The molecule has 2 amide bonds. The molecule has 1 fully saturated rings. The minimum absolute atomic E-state index is 0.0695. The predicted molar refractivity (Wildman–Crippen MR) is 160 cm³/mol. The molecule has 1 aliphatic carbocycles. The van der Waals surface area contributed by atoms with Crippen molar-refractivity contribution in [2.24, 2.45) is 5.92 Å². The number of benzene rings is 1. The fourth-order valence-electron chi connectivity index (χ4n) is 5.27. The Balaban J connectivity index is 1.38. The van der Waals surface area contributed by atoms with Crippen LogP contribution < -0.4 is 15.5 Å². The third kappa shape index (κ3) is 6.42. The summed E-state index contributed by atoms with van der Waals surface area (Å²) in [5.74, 6) is -0.350. The Kier molecular flexibility index (Phi) is 8.61. The number of hydrogen-bond donors (Lipinski definition) is 2. The van der Waals surface area contributed by atoms with Crippen LogP contribution in [0.1, 0.15) is 55.6 Å². The number of amides is 2. The Morgan fingerprint density at radius 1 is 1.18 bits per heavy atom. The van der Waals surface area contributed by atoms with Crippen molar-refractivity contribution in [3.8, 4) is 0 Å². The summed E-state index contributed by atoms with van der Waals surface area (Å²) < 4.78 is 13.7. The van der Waals surface area contributed by atoms with Gasteiger partial charge in [0.15, 0.2) is 0 Å². The van der Waals surface area contributed by atoms with Crippen molar-refractivity contribution in [2.45, 2.75) is 58.0 Å². The van der Waals surface area contributed by atoms with Crippen LogP contribution in [0, 0.1) is 18.7 Å². The monoisotopic (exact) mass is 579 g/mol. The number of fused-ring (bicyclic) bond motifs is 1. The second-order valence-corrected chi connectivity index (χ2v) is 11.8. The Morgan fingerprint density at radius 3 is 2.75 bits per heavy atom. The summed E-state index contributed by atoms with van der Waals surface area (Å²) in [6.45, 7) is 3.94. The van der Waals surface area contributed by atoms with Crippen molar-refractivity contribution in [1.29, 1.82) is 0 Å². The van der Waals surface area contributed by atoms with Crippen LogP contribution >= 0.6 is 22.9 Å². The maximum Gasteiger partial charge on any atom is 0.247 e. The zero-order valence-electron chi connectivity index (χ0n) is 22.4. The Bertz CT molecular complexity index is 1520. The summed E-state index contributed by atoms with van der Waals surface area (Å²) in [5.41, 5.74) is 2.84. The fraction of sp³-hybridized carbons (Fsp3) is 0.333. The molecule has 3 heterocycles. The first-order chi connectivity index (χ1) is 19.3. The highest BCUT2D eigenvalue weighted by atomic mass is 35.5. The first-order valence-corrected chi connectivity index (χ1v) is 14.6. The van der Waals surface area contributed by atoms with Gasteiger partial charge in [0, 0.05) is 22.1 Å². The molecule has 10 heteroatoms. The fourth-order valence-corrected chi connectivity index (χ4v) is 6.45. The van der Waals surface area contributed by atoms with Gasteiger partial charge in [-0.05, 0) is 68.7 Å². The van der Waals surface area contributed by atoms with Crippen LogP contribution in [0.25, 0.3) is 10.9 Å². The molecule has 1 aliphatic rings. The first-order valence-electron chi connectivity index (χ1n) is 13.4. The summed E-state index contributed by atoms with van der Waals surface area (Å²) in [7, 11) is 0. The highest BCUT2D eigenvalue weighted by Crippen LogP contribution is 2.36. The minimum atomic E-state index is -0.684. The van der Waals surface area contributed by atoms with Crippen LogP contribution in [-0.2, 0) is 9.59 Å². The smallest absolute Gasteiger partial charge is 0.247 e. The van der Waals surface area contributed by atoms with Gasteiger partial charge in [-0.25, -0.2) is 4.39 Å². The first kappa shape index (κ1) is 28.0. The molecule has 3 aromatic heterocycles. The van der Waals surface area contributed by atoms with Crippen LogP contribution in [0.15, 0.2) is 54.9 Å². The molecule has 0 bridgehead atoms. The highest BCUT2D eigenvalue weighted by Gasteiger charge is 2.32. The van der Waals surface area contributed by atoms with E-state index < -0.39 is 11.9 Å². The van der Waals surface area contributed by atoms with E-state index in [0.717, 1.165) is 48.4 Å². The van der Waals surface area contributed by atoms with E-state index in [4.69, 9.17) is 11.6 Å². The standard InChI is InChI=1S/C30H31ClFN5O2S/c1-18-26(14-22(31)15-33-18)35-19(2)28-9-10-29(40-28)37(17-38)27(11-20-5-3-4-6-20)30(39)36-24-7-8-25-21(13-24)12-23(32)16-34-25/h7-10,12-17,19-20,27,35H,3-6,11H2,1-2H3,(H,36,39)/t19-,27-/m0/s1. The molecule has 0 unspecified atom stereocenters. The topological polar surface area (TPSA) is 87.2 Å². The number of nitrogens with one attached hydrogen (secondary N) is 2. The summed E-state index contributed by atoms with van der Waals surface area (Å²) >= 11 is 7.60. The van der Waals surface area contributed by atoms with Gasteiger partial charge in [0.2, 0.25) is 12.3 Å². The van der Waals surface area contributed by atoms with E-state index in [2.05, 4.69) is 20.6 Å². The maximum absolute atomic E-state index is 13.7. The number of nitrogens with zero attached hydrogens (tertiary/aromatic N) is 3. The normalized spacial score (nSPS) is 15.1. The average Bonchev–Trinajstić information content (AvgIpc) is 3.63. The van der Waals surface area contributed by atoms with E-state index in [9.17, 15) is 14.0 Å². The van der Waals surface area contributed by atoms with Crippen molar-refractivity contribution in [3.05, 3.63) is 76.3 Å². The van der Waals surface area contributed by atoms with E-state index in [0.29, 0.717) is 39.0 Å². The average molecular weight is 580 g/mol. The summed E-state index contributed by atoms with van der Waals surface area (Å²) in [6.07, 6.45) is 8.45. The number of carbonyl (C=O) groups excluding carboxylic acids is 2. The molecule has 40 heavy (non-hydrogen) atoms. The predicted octanol–water partition coefficient (Wildman–Crippen LogP) is 7.52. The molecule has 0 aliphatic heterocycles. The van der Waals surface area contributed by atoms with Crippen molar-refractivity contribution in [1.82, 2.24) is 9.97 Å². The van der Waals surface area contributed by atoms with Crippen LogP contribution in [0.2, 0.25) is 5.02 Å². The molecule has 208 valence electrons. The molecule has 4 aromatic rings. The van der Waals surface area contributed by atoms with E-state index in [1.165, 1.54) is 23.6 Å². The quantitative estimate of drug-likeness (QED) is 0.190. The lowest BCUT2D eigenvalue weighted by Crippen LogP contribution is -2.44. The molecule has 0 radical (unpaired) electrons. The molecule has 2 N–H and O–H groups in total. The van der Waals surface area contributed by atoms with Gasteiger partial charge in [-0.2, -0.15) is 0 Å². The zero-order chi connectivity index (χ0) is 28.2. The summed E-state index contributed by atoms with van der Waals surface area (Å²) in [4.78, 5) is 37.1. The van der Waals surface area contributed by atoms with Crippen molar-refractivity contribution >= 4 is 62.5 Å². The number of thiophene rings is 1. The van der Waals surface area contributed by atoms with Gasteiger partial charge in [0.05, 0.1) is 39.2 Å². The van der Waals surface area contributed by atoms with E-state index in [-0.39, 0.29) is 11.9 Å². The molecular formula is C30H31ClFN5O2S. The number of anilines is 3. The Morgan fingerprint density at radius 2 is 1.98 bits per heavy atom. The van der Waals surface area contributed by atoms with Crippen LogP contribution in [-0.4, -0.2) is 28.3 Å². The van der Waals surface area contributed by atoms with Crippen molar-refractivity contribution in [3.63, 3.8) is 0 Å². The number of carbonyl (C=O) groups is 2. The number of rotatable bonds is 10. The van der Waals surface area contributed by atoms with Gasteiger partial charge in [-0.3, -0.25) is 24.5 Å². The van der Waals surface area contributed by atoms with Gasteiger partial charge >= 0.3 is 0 Å². The zero-order valence-corrected chi connectivity index (χ0v) is 23.9. The molecule has 0 saturated heterocycles. The van der Waals surface area contributed by atoms with Gasteiger partial charge in [0.25, 0.3) is 0 Å². The SMILES string of the molecule is Cc1ncc(Cl)cc1N[C@@H](C)c1ccc(N(C=O)[C@@H](CC2CCCC2)C(=O)Nc2ccc3ncc(F)cc3c2)s1. The molecule has 1 aromatic carbocycles. The third-order valence-electron chi connectivity index (χ3n) is 7.42. The Hall–Kier alpha value is -3.56. The summed E-state index contributed by atoms with van der Waals surface area (Å²) in [6, 6.07) is 11.5. The summed E-state index contributed by atoms with van der Waals surface area (Å²) in [5, 5.41) is 8.25. The van der Waals surface area contributed by atoms with E-state index in [1.54, 1.807) is 29.3 Å². The van der Waals surface area contributed by atoms with E-state index in [1.807, 2.05) is 32.0 Å². The lowest BCUT2D eigenvalue weighted by Gasteiger charge is -2.28. The number of aromatic nitrogens is 2. The van der Waals surface area contributed by atoms with Crippen LogP contribution in [0.5, 0.6) is 0 Å². The molecule has 0 spiro atoms. The van der Waals surface area contributed by atoms with Crippen molar-refractivity contribution < 1.29 is 14.0 Å². The molecule has 5 rings (SSSR count). The number of aryl methyl sites for hydroxylation is 1. The van der Waals surface area contributed by atoms with Crippen molar-refractivity contribution in [2.75, 3.05) is 15.5 Å². The molecule has 7 nitrogen and oxygen atoms in total. The second kappa shape index (κ2) is 12.3. The van der Waals surface area contributed by atoms with Gasteiger partial charge in [-0.15, -0.1) is 11.3 Å².